The van der Waals surface area contributed by atoms with E-state index in [1.165, 1.54) is 13.8 Å². The average molecular weight is 339 g/mol. The van der Waals surface area contributed by atoms with Crippen LogP contribution in [-0.4, -0.2) is 58.3 Å². The summed E-state index contributed by atoms with van der Waals surface area (Å²) < 4.78 is 5.35. The molecule has 0 aromatic heterocycles. The number of aliphatic hydroxyl groups is 3. The van der Waals surface area contributed by atoms with Crippen LogP contribution in [0.5, 0.6) is 0 Å². The van der Waals surface area contributed by atoms with E-state index in [1.54, 1.807) is 18.2 Å². The number of ether oxygens (including phenoxy) is 1. The van der Waals surface area contributed by atoms with Crippen LogP contribution in [0.25, 0.3) is 0 Å². The molecule has 24 heavy (non-hydrogen) atoms. The molecule has 1 aliphatic rings. The van der Waals surface area contributed by atoms with E-state index in [0.29, 0.717) is 17.1 Å². The molecule has 0 spiro atoms. The third kappa shape index (κ3) is 4.20. The lowest BCUT2D eigenvalue weighted by Gasteiger charge is -2.20. The van der Waals surface area contributed by atoms with Crippen molar-refractivity contribution >= 4 is 28.9 Å². The van der Waals surface area contributed by atoms with E-state index in [1.807, 2.05) is 0 Å². The van der Waals surface area contributed by atoms with Crippen LogP contribution in [0.2, 0.25) is 0 Å². The van der Waals surface area contributed by atoms with Crippen LogP contribution in [0.3, 0.4) is 0 Å². The van der Waals surface area contributed by atoms with Crippen molar-refractivity contribution in [3.8, 4) is 0 Å². The van der Waals surface area contributed by atoms with Gasteiger partial charge in [0.15, 0.2) is 6.23 Å². The van der Waals surface area contributed by atoms with Gasteiger partial charge in [0.1, 0.15) is 18.3 Å². The molecule has 0 radical (unpaired) electrons. The van der Waals surface area contributed by atoms with Gasteiger partial charge in [-0.1, -0.05) is 0 Å². The highest BCUT2D eigenvalue weighted by Crippen LogP contribution is 2.30. The molecule has 1 fully saturated rings. The van der Waals surface area contributed by atoms with Gasteiger partial charge in [0.25, 0.3) is 0 Å². The maximum Gasteiger partial charge on any atom is 0.221 e. The molecule has 132 valence electrons. The maximum atomic E-state index is 11.4. The Bertz CT molecular complexity index is 623. The van der Waals surface area contributed by atoms with Crippen LogP contribution in [0.1, 0.15) is 13.8 Å². The summed E-state index contributed by atoms with van der Waals surface area (Å²) in [5.41, 5.74) is 1.28. The van der Waals surface area contributed by atoms with Gasteiger partial charge in [-0.2, -0.15) is 0 Å². The van der Waals surface area contributed by atoms with Crippen LogP contribution in [-0.2, 0) is 14.3 Å². The number of anilines is 3. The molecule has 2 amide bonds. The predicted octanol–water partition coefficient (Wildman–Crippen LogP) is -0.546. The van der Waals surface area contributed by atoms with Crippen molar-refractivity contribution in [2.75, 3.05) is 22.6 Å². The summed E-state index contributed by atoms with van der Waals surface area (Å²) in [6, 6.07) is 4.74. The number of carbonyl (C=O) groups excluding carboxylic acids is 2. The highest BCUT2D eigenvalue weighted by Gasteiger charge is 2.42. The molecule has 2 rings (SSSR count). The second kappa shape index (κ2) is 7.58. The minimum atomic E-state index is -1.25. The molecule has 1 aromatic carbocycles. The molecule has 4 atom stereocenters. The van der Waals surface area contributed by atoms with Crippen molar-refractivity contribution in [2.45, 2.75) is 38.4 Å². The summed E-state index contributed by atoms with van der Waals surface area (Å²) in [7, 11) is 0. The van der Waals surface area contributed by atoms with Gasteiger partial charge in [-0.25, -0.2) is 0 Å². The zero-order valence-electron chi connectivity index (χ0n) is 13.3. The van der Waals surface area contributed by atoms with Gasteiger partial charge < -0.3 is 36.0 Å². The Morgan fingerprint density at radius 2 is 1.75 bits per heavy atom. The largest absolute Gasteiger partial charge is 0.394 e. The summed E-state index contributed by atoms with van der Waals surface area (Å²) in [4.78, 5) is 22.5. The number of aliphatic hydroxyl groups excluding tert-OH is 3. The fourth-order valence-corrected chi connectivity index (χ4v) is 2.42. The minimum Gasteiger partial charge on any atom is -0.394 e. The Balaban J connectivity index is 2.22. The van der Waals surface area contributed by atoms with Crippen molar-refractivity contribution in [3.05, 3.63) is 18.2 Å². The van der Waals surface area contributed by atoms with Crippen molar-refractivity contribution < 1.29 is 29.6 Å². The van der Waals surface area contributed by atoms with Crippen LogP contribution in [0.4, 0.5) is 17.1 Å². The van der Waals surface area contributed by atoms with Gasteiger partial charge in [-0.3, -0.25) is 9.59 Å². The van der Waals surface area contributed by atoms with E-state index in [0.717, 1.165) is 0 Å². The van der Waals surface area contributed by atoms with Gasteiger partial charge >= 0.3 is 0 Å². The van der Waals surface area contributed by atoms with E-state index >= 15 is 0 Å². The number of rotatable bonds is 5. The monoisotopic (exact) mass is 339 g/mol. The van der Waals surface area contributed by atoms with Crippen LogP contribution >= 0.6 is 0 Å². The standard InChI is InChI=1S/C15H21N3O6/c1-7(20)16-9-3-4-10(11(5-9)17-8(2)21)18-15-14(23)13(22)12(6-19)24-15/h3-5,12-15,18-19,22-23H,6H2,1-2H3,(H,16,20)(H,17,21). The van der Waals surface area contributed by atoms with E-state index in [4.69, 9.17) is 9.84 Å². The number of hydrogen-bond acceptors (Lipinski definition) is 7. The van der Waals surface area contributed by atoms with Gasteiger partial charge in [0, 0.05) is 19.5 Å². The fourth-order valence-electron chi connectivity index (χ4n) is 2.42. The molecule has 0 bridgehead atoms. The van der Waals surface area contributed by atoms with Crippen molar-refractivity contribution in [2.24, 2.45) is 0 Å². The summed E-state index contributed by atoms with van der Waals surface area (Å²) in [6.07, 6.45) is -4.34. The van der Waals surface area contributed by atoms with E-state index < -0.39 is 31.1 Å². The Labute approximate surface area is 138 Å². The second-order valence-electron chi connectivity index (χ2n) is 5.53. The Morgan fingerprint density at radius 3 is 2.29 bits per heavy atom. The summed E-state index contributed by atoms with van der Waals surface area (Å²) in [5, 5.41) is 36.9. The molecule has 6 N–H and O–H groups in total. The normalized spacial score (nSPS) is 26.0. The van der Waals surface area contributed by atoms with Crippen molar-refractivity contribution in [1.82, 2.24) is 0 Å². The smallest absolute Gasteiger partial charge is 0.221 e. The van der Waals surface area contributed by atoms with Crippen LogP contribution in [0, 0.1) is 0 Å². The van der Waals surface area contributed by atoms with Crippen LogP contribution in [0.15, 0.2) is 18.2 Å². The molecule has 1 aromatic rings. The average Bonchev–Trinajstić information content (AvgIpc) is 2.76. The molecule has 0 aliphatic carbocycles. The van der Waals surface area contributed by atoms with Crippen molar-refractivity contribution in [1.29, 1.82) is 0 Å². The zero-order chi connectivity index (χ0) is 17.9. The third-order valence-corrected chi connectivity index (χ3v) is 3.49. The zero-order valence-corrected chi connectivity index (χ0v) is 13.3. The van der Waals surface area contributed by atoms with Gasteiger partial charge in [-0.05, 0) is 18.2 Å². The Kier molecular flexibility index (Phi) is 5.73. The molecular weight excluding hydrogens is 318 g/mol. The number of hydrogen-bond donors (Lipinski definition) is 6. The van der Waals surface area contributed by atoms with E-state index in [2.05, 4.69) is 16.0 Å². The lowest BCUT2D eigenvalue weighted by molar-refractivity contribution is -0.115. The quantitative estimate of drug-likeness (QED) is 0.423. The lowest BCUT2D eigenvalue weighted by Crippen LogP contribution is -2.36. The second-order valence-corrected chi connectivity index (χ2v) is 5.53. The number of benzene rings is 1. The number of carbonyl (C=O) groups is 2. The Morgan fingerprint density at radius 1 is 1.08 bits per heavy atom. The van der Waals surface area contributed by atoms with E-state index in [9.17, 15) is 19.8 Å². The first-order valence-electron chi connectivity index (χ1n) is 7.40. The first kappa shape index (κ1) is 18.1. The Hall–Kier alpha value is -2.20. The first-order chi connectivity index (χ1) is 11.3. The third-order valence-electron chi connectivity index (χ3n) is 3.49. The van der Waals surface area contributed by atoms with Gasteiger partial charge in [-0.15, -0.1) is 0 Å². The topological polar surface area (TPSA) is 140 Å². The highest BCUT2D eigenvalue weighted by molar-refractivity contribution is 5.95. The maximum absolute atomic E-state index is 11.4. The molecular formula is C15H21N3O6. The first-order valence-corrected chi connectivity index (χ1v) is 7.40. The van der Waals surface area contributed by atoms with Crippen LogP contribution < -0.4 is 16.0 Å². The molecule has 1 heterocycles. The molecule has 1 saturated heterocycles. The molecule has 4 unspecified atom stereocenters. The number of nitrogens with one attached hydrogen (secondary N) is 3. The lowest BCUT2D eigenvalue weighted by atomic mass is 10.1. The summed E-state index contributed by atoms with van der Waals surface area (Å²) in [5.74, 6) is -0.577. The highest BCUT2D eigenvalue weighted by atomic mass is 16.6. The number of amides is 2. The van der Waals surface area contributed by atoms with Gasteiger partial charge in [0.2, 0.25) is 11.8 Å². The summed E-state index contributed by atoms with van der Waals surface area (Å²) >= 11 is 0. The van der Waals surface area contributed by atoms with Gasteiger partial charge in [0.05, 0.1) is 18.0 Å². The SMILES string of the molecule is CC(=O)Nc1ccc(NC2OC(CO)C(O)C2O)c(NC(C)=O)c1. The molecule has 9 nitrogen and oxygen atoms in total. The molecule has 1 aliphatic heterocycles. The minimum absolute atomic E-state index is 0.257. The van der Waals surface area contributed by atoms with Crippen molar-refractivity contribution in [3.63, 3.8) is 0 Å². The fraction of sp³-hybridized carbons (Fsp3) is 0.467. The van der Waals surface area contributed by atoms with E-state index in [-0.39, 0.29) is 11.8 Å². The summed E-state index contributed by atoms with van der Waals surface area (Å²) in [6.45, 7) is 2.27. The predicted molar refractivity (Wildman–Crippen MR) is 86.4 cm³/mol. The molecule has 9 heteroatoms. The molecule has 0 saturated carbocycles.